The smallest absolute Gasteiger partial charge is 0.255 e. The summed E-state index contributed by atoms with van der Waals surface area (Å²) in [7, 11) is 0. The Balaban J connectivity index is 2.25. The highest BCUT2D eigenvalue weighted by atomic mass is 35.5. The number of rotatable bonds is 3. The molecule has 0 atom stereocenters. The normalized spacial score (nSPS) is 10.2. The highest BCUT2D eigenvalue weighted by Crippen LogP contribution is 2.19. The van der Waals surface area contributed by atoms with Gasteiger partial charge in [0.2, 0.25) is 0 Å². The van der Waals surface area contributed by atoms with E-state index in [0.29, 0.717) is 17.1 Å². The molecular formula is C13H12ClFN4O. The SMILES string of the molecule is Cc1cc(C(=O)Nc2cc(F)cc(Cl)c2)cc(NN)n1. The fourth-order valence-corrected chi connectivity index (χ4v) is 1.92. The topological polar surface area (TPSA) is 80.0 Å². The molecule has 0 aliphatic carbocycles. The Labute approximate surface area is 119 Å². The molecule has 0 aliphatic rings. The molecule has 7 heteroatoms. The van der Waals surface area contributed by atoms with E-state index in [2.05, 4.69) is 15.7 Å². The first-order valence-corrected chi connectivity index (χ1v) is 6.08. The van der Waals surface area contributed by atoms with Gasteiger partial charge in [-0.1, -0.05) is 11.6 Å². The lowest BCUT2D eigenvalue weighted by atomic mass is 10.2. The van der Waals surface area contributed by atoms with Crippen LogP contribution in [0.1, 0.15) is 16.1 Å². The Kier molecular flexibility index (Phi) is 4.16. The molecule has 0 fully saturated rings. The number of pyridine rings is 1. The van der Waals surface area contributed by atoms with Gasteiger partial charge in [-0.15, -0.1) is 0 Å². The number of aryl methyl sites for hydroxylation is 1. The molecule has 1 amide bonds. The van der Waals surface area contributed by atoms with Crippen LogP contribution < -0.4 is 16.6 Å². The fraction of sp³-hybridized carbons (Fsp3) is 0.0769. The molecular weight excluding hydrogens is 283 g/mol. The van der Waals surface area contributed by atoms with Gasteiger partial charge in [0, 0.05) is 22.0 Å². The van der Waals surface area contributed by atoms with Gasteiger partial charge in [0.05, 0.1) is 0 Å². The van der Waals surface area contributed by atoms with Crippen LogP contribution in [0.3, 0.4) is 0 Å². The summed E-state index contributed by atoms with van der Waals surface area (Å²) in [5.41, 5.74) is 3.63. The van der Waals surface area contributed by atoms with Crippen molar-refractivity contribution in [3.63, 3.8) is 0 Å². The van der Waals surface area contributed by atoms with Crippen LogP contribution in [0.15, 0.2) is 30.3 Å². The maximum absolute atomic E-state index is 13.2. The number of hydrogen-bond acceptors (Lipinski definition) is 4. The number of nitrogens with one attached hydrogen (secondary N) is 2. The first-order valence-electron chi connectivity index (χ1n) is 5.70. The van der Waals surface area contributed by atoms with E-state index in [1.807, 2.05) is 0 Å². The molecule has 5 nitrogen and oxygen atoms in total. The van der Waals surface area contributed by atoms with Crippen LogP contribution in [0.4, 0.5) is 15.9 Å². The molecule has 1 aromatic heterocycles. The van der Waals surface area contributed by atoms with Crippen molar-refractivity contribution < 1.29 is 9.18 Å². The van der Waals surface area contributed by atoms with E-state index in [0.717, 1.165) is 6.07 Å². The van der Waals surface area contributed by atoms with E-state index in [-0.39, 0.29) is 10.7 Å². The summed E-state index contributed by atoms with van der Waals surface area (Å²) in [6, 6.07) is 6.88. The van der Waals surface area contributed by atoms with Crippen LogP contribution in [-0.2, 0) is 0 Å². The zero-order valence-corrected chi connectivity index (χ0v) is 11.3. The lowest BCUT2D eigenvalue weighted by Crippen LogP contribution is -2.15. The van der Waals surface area contributed by atoms with Crippen molar-refractivity contribution in [3.8, 4) is 0 Å². The molecule has 2 aromatic rings. The number of anilines is 2. The number of carbonyl (C=O) groups is 1. The third kappa shape index (κ3) is 3.43. The molecule has 1 heterocycles. The highest BCUT2D eigenvalue weighted by Gasteiger charge is 2.10. The second-order valence-corrected chi connectivity index (χ2v) is 4.58. The summed E-state index contributed by atoms with van der Waals surface area (Å²) < 4.78 is 13.2. The standard InChI is InChI=1S/C13H12ClFN4O/c1-7-2-8(3-12(17-7)19-16)13(20)18-11-5-9(14)4-10(15)6-11/h2-6H,16H2,1H3,(H,17,19)(H,18,20). The largest absolute Gasteiger partial charge is 0.322 e. The number of carbonyl (C=O) groups excluding carboxylic acids is 1. The highest BCUT2D eigenvalue weighted by molar-refractivity contribution is 6.31. The second kappa shape index (κ2) is 5.85. The van der Waals surface area contributed by atoms with E-state index in [9.17, 15) is 9.18 Å². The number of hydrazine groups is 1. The van der Waals surface area contributed by atoms with Gasteiger partial charge in [-0.25, -0.2) is 15.2 Å². The molecule has 0 saturated heterocycles. The Hall–Kier alpha value is -2.18. The minimum Gasteiger partial charge on any atom is -0.322 e. The van der Waals surface area contributed by atoms with Crippen molar-refractivity contribution in [2.24, 2.45) is 5.84 Å². The average molecular weight is 295 g/mol. The van der Waals surface area contributed by atoms with Gasteiger partial charge >= 0.3 is 0 Å². The van der Waals surface area contributed by atoms with Crippen LogP contribution in [0.2, 0.25) is 5.02 Å². The molecule has 0 unspecified atom stereocenters. The number of nitrogen functional groups attached to an aromatic ring is 1. The Morgan fingerprint density at radius 3 is 2.70 bits per heavy atom. The summed E-state index contributed by atoms with van der Waals surface area (Å²) in [4.78, 5) is 16.2. The van der Waals surface area contributed by atoms with Gasteiger partial charge < -0.3 is 10.7 Å². The molecule has 0 spiro atoms. The lowest BCUT2D eigenvalue weighted by molar-refractivity contribution is 0.102. The monoisotopic (exact) mass is 294 g/mol. The summed E-state index contributed by atoms with van der Waals surface area (Å²) >= 11 is 5.72. The quantitative estimate of drug-likeness (QED) is 0.600. The zero-order chi connectivity index (χ0) is 14.7. The Morgan fingerprint density at radius 1 is 1.30 bits per heavy atom. The van der Waals surface area contributed by atoms with E-state index in [1.54, 1.807) is 13.0 Å². The Bertz CT molecular complexity index is 643. The molecule has 0 aliphatic heterocycles. The van der Waals surface area contributed by atoms with Gasteiger partial charge in [0.1, 0.15) is 11.6 Å². The molecule has 20 heavy (non-hydrogen) atoms. The van der Waals surface area contributed by atoms with Crippen LogP contribution in [0.5, 0.6) is 0 Å². The van der Waals surface area contributed by atoms with Crippen LogP contribution in [0, 0.1) is 12.7 Å². The van der Waals surface area contributed by atoms with Gasteiger partial charge in [-0.3, -0.25) is 4.79 Å². The van der Waals surface area contributed by atoms with Gasteiger partial charge in [-0.05, 0) is 37.3 Å². The van der Waals surface area contributed by atoms with Gasteiger partial charge in [-0.2, -0.15) is 0 Å². The van der Waals surface area contributed by atoms with Crippen LogP contribution >= 0.6 is 11.6 Å². The first kappa shape index (κ1) is 14.2. The van der Waals surface area contributed by atoms with E-state index in [4.69, 9.17) is 17.4 Å². The van der Waals surface area contributed by atoms with Crippen molar-refractivity contribution in [1.82, 2.24) is 4.98 Å². The van der Waals surface area contributed by atoms with Crippen molar-refractivity contribution in [3.05, 3.63) is 52.4 Å². The second-order valence-electron chi connectivity index (χ2n) is 4.14. The fourth-order valence-electron chi connectivity index (χ4n) is 1.70. The first-order chi connectivity index (χ1) is 9.47. The van der Waals surface area contributed by atoms with Crippen LogP contribution in [0.25, 0.3) is 0 Å². The third-order valence-electron chi connectivity index (χ3n) is 2.48. The number of benzene rings is 1. The summed E-state index contributed by atoms with van der Waals surface area (Å²) in [5, 5.41) is 2.76. The van der Waals surface area contributed by atoms with E-state index < -0.39 is 11.7 Å². The average Bonchev–Trinajstić information content (AvgIpc) is 2.36. The molecule has 0 radical (unpaired) electrons. The molecule has 0 bridgehead atoms. The summed E-state index contributed by atoms with van der Waals surface area (Å²) in [5.74, 6) is 4.70. The van der Waals surface area contributed by atoms with E-state index in [1.165, 1.54) is 18.2 Å². The molecule has 4 N–H and O–H groups in total. The molecule has 2 rings (SSSR count). The van der Waals surface area contributed by atoms with Gasteiger partial charge in [0.25, 0.3) is 5.91 Å². The predicted molar refractivity (Wildman–Crippen MR) is 76.1 cm³/mol. The number of hydrogen-bond donors (Lipinski definition) is 3. The minimum absolute atomic E-state index is 0.204. The van der Waals surface area contributed by atoms with Crippen molar-refractivity contribution in [2.75, 3.05) is 10.7 Å². The predicted octanol–water partition coefficient (Wildman–Crippen LogP) is 2.72. The lowest BCUT2D eigenvalue weighted by Gasteiger charge is -2.08. The number of nitrogens with two attached hydrogens (primary N) is 1. The molecule has 1 aromatic carbocycles. The van der Waals surface area contributed by atoms with Crippen molar-refractivity contribution in [2.45, 2.75) is 6.92 Å². The van der Waals surface area contributed by atoms with Gasteiger partial charge in [0.15, 0.2) is 0 Å². The number of aromatic nitrogens is 1. The molecule has 0 saturated carbocycles. The maximum Gasteiger partial charge on any atom is 0.255 e. The number of nitrogens with zero attached hydrogens (tertiary/aromatic N) is 1. The third-order valence-corrected chi connectivity index (χ3v) is 2.70. The van der Waals surface area contributed by atoms with Crippen LogP contribution in [-0.4, -0.2) is 10.9 Å². The van der Waals surface area contributed by atoms with E-state index >= 15 is 0 Å². The minimum atomic E-state index is -0.525. The van der Waals surface area contributed by atoms with Crippen molar-refractivity contribution in [1.29, 1.82) is 0 Å². The number of amides is 1. The summed E-state index contributed by atoms with van der Waals surface area (Å²) in [6.45, 7) is 1.73. The van der Waals surface area contributed by atoms with Crippen molar-refractivity contribution >= 4 is 29.0 Å². The molecule has 104 valence electrons. The zero-order valence-electron chi connectivity index (χ0n) is 10.6. The Morgan fingerprint density at radius 2 is 2.05 bits per heavy atom. The maximum atomic E-state index is 13.2. The summed E-state index contributed by atoms with van der Waals surface area (Å²) in [6.07, 6.45) is 0. The number of halogens is 2.